The summed E-state index contributed by atoms with van der Waals surface area (Å²) in [5.74, 6) is 5.74. The summed E-state index contributed by atoms with van der Waals surface area (Å²) in [5.41, 5.74) is 2.16. The normalized spacial score (nSPS) is 10.2. The van der Waals surface area contributed by atoms with Crippen LogP contribution in [0.2, 0.25) is 0 Å². The van der Waals surface area contributed by atoms with Crippen LogP contribution >= 0.6 is 31.9 Å². The van der Waals surface area contributed by atoms with Gasteiger partial charge in [0.25, 0.3) is 0 Å². The van der Waals surface area contributed by atoms with Crippen molar-refractivity contribution in [2.75, 3.05) is 5.43 Å². The molecule has 3 N–H and O–H groups in total. The van der Waals surface area contributed by atoms with E-state index in [1.165, 1.54) is 18.5 Å². The second-order valence-corrected chi connectivity index (χ2v) is 5.17. The van der Waals surface area contributed by atoms with Gasteiger partial charge in [0.2, 0.25) is 11.6 Å². The molecule has 0 fully saturated rings. The van der Waals surface area contributed by atoms with Crippen molar-refractivity contribution in [3.63, 3.8) is 0 Å². The Bertz CT molecular complexity index is 667. The highest BCUT2D eigenvalue weighted by Crippen LogP contribution is 2.36. The van der Waals surface area contributed by atoms with E-state index in [0.29, 0.717) is 14.8 Å². The predicted molar refractivity (Wildman–Crippen MR) is 78.4 cm³/mol. The largest absolute Gasteiger partial charge is 0.430 e. The smallest absolute Gasteiger partial charge is 0.312 e. The number of halogens is 2. The maximum Gasteiger partial charge on any atom is 0.312 e. The Morgan fingerprint density at radius 1 is 1.35 bits per heavy atom. The summed E-state index contributed by atoms with van der Waals surface area (Å²) in [7, 11) is 0. The number of nitro groups is 1. The lowest BCUT2D eigenvalue weighted by Gasteiger charge is -2.09. The molecule has 0 spiro atoms. The second-order valence-electron chi connectivity index (χ2n) is 3.46. The molecule has 0 aliphatic carbocycles. The number of nitrogen functional groups attached to an aromatic ring is 1. The molecule has 1 heterocycles. The second kappa shape index (κ2) is 6.11. The minimum Gasteiger partial charge on any atom is -0.430 e. The van der Waals surface area contributed by atoms with Crippen molar-refractivity contribution in [3.8, 4) is 11.6 Å². The van der Waals surface area contributed by atoms with E-state index >= 15 is 0 Å². The monoisotopic (exact) mass is 403 g/mol. The first-order valence-electron chi connectivity index (χ1n) is 5.12. The number of anilines is 1. The van der Waals surface area contributed by atoms with Gasteiger partial charge < -0.3 is 10.2 Å². The number of hydrogen-bond donors (Lipinski definition) is 2. The van der Waals surface area contributed by atoms with Gasteiger partial charge in [-0.25, -0.2) is 15.8 Å². The maximum atomic E-state index is 11.0. The van der Waals surface area contributed by atoms with Gasteiger partial charge >= 0.3 is 5.69 Å². The molecule has 0 saturated carbocycles. The lowest BCUT2D eigenvalue weighted by Crippen LogP contribution is -2.10. The summed E-state index contributed by atoms with van der Waals surface area (Å²) in [6.07, 6.45) is 1.22. The van der Waals surface area contributed by atoms with Crippen molar-refractivity contribution in [1.82, 2.24) is 9.97 Å². The van der Waals surface area contributed by atoms with E-state index in [1.807, 2.05) is 0 Å². The van der Waals surface area contributed by atoms with Crippen molar-refractivity contribution < 1.29 is 9.66 Å². The van der Waals surface area contributed by atoms with Gasteiger partial charge in [-0.05, 0) is 28.1 Å². The molecule has 104 valence electrons. The third kappa shape index (κ3) is 3.03. The van der Waals surface area contributed by atoms with Crippen molar-refractivity contribution in [2.24, 2.45) is 5.84 Å². The quantitative estimate of drug-likeness (QED) is 0.457. The number of benzene rings is 1. The van der Waals surface area contributed by atoms with Gasteiger partial charge in [-0.2, -0.15) is 0 Å². The Hall–Kier alpha value is -1.78. The van der Waals surface area contributed by atoms with Crippen molar-refractivity contribution >= 4 is 43.4 Å². The molecule has 1 aromatic heterocycles. The minimum absolute atomic E-state index is 0.0561. The molecule has 0 amide bonds. The third-order valence-electron chi connectivity index (χ3n) is 2.22. The molecule has 2 aromatic rings. The van der Waals surface area contributed by atoms with Crippen molar-refractivity contribution in [2.45, 2.75) is 0 Å². The first kappa shape index (κ1) is 14.6. The van der Waals surface area contributed by atoms with Crippen LogP contribution in [0.15, 0.2) is 33.5 Å². The topological polar surface area (TPSA) is 116 Å². The molecule has 10 heteroatoms. The molecule has 0 saturated heterocycles. The molecular weight excluding hydrogens is 398 g/mol. The van der Waals surface area contributed by atoms with Crippen LogP contribution in [0.4, 0.5) is 11.5 Å². The number of ether oxygens (including phenoxy) is 1. The first-order valence-corrected chi connectivity index (χ1v) is 6.70. The van der Waals surface area contributed by atoms with Crippen LogP contribution in [0.25, 0.3) is 0 Å². The van der Waals surface area contributed by atoms with Crippen molar-refractivity contribution in [3.05, 3.63) is 43.6 Å². The average molecular weight is 405 g/mol. The number of hydrogen-bond acceptors (Lipinski definition) is 7. The molecule has 0 aliphatic rings. The van der Waals surface area contributed by atoms with Crippen LogP contribution < -0.4 is 16.0 Å². The summed E-state index contributed by atoms with van der Waals surface area (Å²) in [6, 6.07) is 4.43. The van der Waals surface area contributed by atoms with E-state index in [2.05, 4.69) is 47.3 Å². The summed E-state index contributed by atoms with van der Waals surface area (Å²) in [4.78, 5) is 18.2. The van der Waals surface area contributed by atoms with Crippen LogP contribution in [-0.2, 0) is 0 Å². The first-order chi connectivity index (χ1) is 9.52. The highest BCUT2D eigenvalue weighted by atomic mass is 79.9. The fourth-order valence-corrected chi connectivity index (χ4v) is 2.10. The van der Waals surface area contributed by atoms with Gasteiger partial charge in [-0.1, -0.05) is 15.9 Å². The van der Waals surface area contributed by atoms with E-state index in [9.17, 15) is 10.1 Å². The molecule has 0 unspecified atom stereocenters. The molecule has 0 atom stereocenters. The van der Waals surface area contributed by atoms with Gasteiger partial charge in [0.05, 0.1) is 4.92 Å². The molecular formula is C10H7Br2N5O3. The fraction of sp³-hybridized carbons (Fsp3) is 0. The number of nitrogens with one attached hydrogen (secondary N) is 1. The Kier molecular flexibility index (Phi) is 4.47. The Labute approximate surface area is 129 Å². The molecule has 8 nitrogen and oxygen atoms in total. The van der Waals surface area contributed by atoms with Crippen LogP contribution in [0.3, 0.4) is 0 Å². The predicted octanol–water partition coefficient (Wildman–Crippen LogP) is 2.99. The third-order valence-corrected chi connectivity index (χ3v) is 3.43. The van der Waals surface area contributed by atoms with Crippen LogP contribution in [-0.4, -0.2) is 14.9 Å². The van der Waals surface area contributed by atoms with E-state index in [1.54, 1.807) is 6.07 Å². The van der Waals surface area contributed by atoms with E-state index in [4.69, 9.17) is 10.6 Å². The summed E-state index contributed by atoms with van der Waals surface area (Å²) < 4.78 is 6.38. The summed E-state index contributed by atoms with van der Waals surface area (Å²) >= 11 is 6.37. The zero-order valence-corrected chi connectivity index (χ0v) is 12.9. The number of nitrogens with two attached hydrogens (primary N) is 1. The van der Waals surface area contributed by atoms with Gasteiger partial charge in [0.15, 0.2) is 5.82 Å². The highest BCUT2D eigenvalue weighted by Gasteiger charge is 2.19. The van der Waals surface area contributed by atoms with E-state index in [-0.39, 0.29) is 17.3 Å². The standard InChI is InChI=1S/C10H7Br2N5O3/c11-5-1-2-7(6(3-5)17(18)19)20-10-8(12)9(16-13)14-4-15-10/h1-4H,13H2,(H,14,15,16). The zero-order valence-electron chi connectivity index (χ0n) is 9.71. The van der Waals surface area contributed by atoms with Crippen LogP contribution in [0, 0.1) is 10.1 Å². The van der Waals surface area contributed by atoms with Crippen LogP contribution in [0.1, 0.15) is 0 Å². The molecule has 0 bridgehead atoms. The van der Waals surface area contributed by atoms with Gasteiger partial charge in [-0.3, -0.25) is 10.1 Å². The number of hydrazine groups is 1. The lowest BCUT2D eigenvalue weighted by molar-refractivity contribution is -0.385. The molecule has 0 aliphatic heterocycles. The van der Waals surface area contributed by atoms with Crippen LogP contribution in [0.5, 0.6) is 11.6 Å². The number of nitro benzene ring substituents is 1. The lowest BCUT2D eigenvalue weighted by atomic mass is 10.3. The van der Waals surface area contributed by atoms with Crippen molar-refractivity contribution in [1.29, 1.82) is 0 Å². The van der Waals surface area contributed by atoms with Gasteiger partial charge in [0.1, 0.15) is 10.8 Å². The minimum atomic E-state index is -0.544. The van der Waals surface area contributed by atoms with E-state index < -0.39 is 4.92 Å². The Morgan fingerprint density at radius 3 is 2.75 bits per heavy atom. The molecule has 1 aromatic carbocycles. The number of aromatic nitrogens is 2. The van der Waals surface area contributed by atoms with Gasteiger partial charge in [-0.15, -0.1) is 0 Å². The Morgan fingerprint density at radius 2 is 2.10 bits per heavy atom. The molecule has 20 heavy (non-hydrogen) atoms. The average Bonchev–Trinajstić information content (AvgIpc) is 2.42. The van der Waals surface area contributed by atoms with E-state index in [0.717, 1.165) is 0 Å². The molecule has 2 rings (SSSR count). The SMILES string of the molecule is NNc1ncnc(Oc2ccc(Br)cc2[N+](=O)[O-])c1Br. The van der Waals surface area contributed by atoms with Gasteiger partial charge in [0, 0.05) is 10.5 Å². The fourth-order valence-electron chi connectivity index (χ4n) is 1.35. The summed E-state index contributed by atoms with van der Waals surface area (Å²) in [6.45, 7) is 0. The number of rotatable bonds is 4. The number of nitrogens with zero attached hydrogens (tertiary/aromatic N) is 3. The zero-order chi connectivity index (χ0) is 14.7. The molecule has 0 radical (unpaired) electrons. The highest BCUT2D eigenvalue weighted by molar-refractivity contribution is 9.11. The summed E-state index contributed by atoms with van der Waals surface area (Å²) in [5, 5.41) is 11.0. The maximum absolute atomic E-state index is 11.0. The Balaban J connectivity index is 2.42.